The number of ether oxygens (including phenoxy) is 1. The predicted octanol–water partition coefficient (Wildman–Crippen LogP) is 2.95. The number of nitrogens with zero attached hydrogens (tertiary/aromatic N) is 2. The quantitative estimate of drug-likeness (QED) is 0.898. The first-order valence-corrected chi connectivity index (χ1v) is 8.07. The molecule has 5 heteroatoms. The molecule has 3 atom stereocenters. The summed E-state index contributed by atoms with van der Waals surface area (Å²) in [6.07, 6.45) is 8.24. The summed E-state index contributed by atoms with van der Waals surface area (Å²) < 4.78 is 11.2. The summed E-state index contributed by atoms with van der Waals surface area (Å²) in [7, 11) is 0. The predicted molar refractivity (Wildman–Crippen MR) is 75.5 cm³/mol. The van der Waals surface area contributed by atoms with E-state index in [0.29, 0.717) is 12.0 Å². The van der Waals surface area contributed by atoms with Crippen LogP contribution < -0.4 is 5.32 Å². The van der Waals surface area contributed by atoms with Crippen molar-refractivity contribution in [3.05, 3.63) is 11.7 Å². The summed E-state index contributed by atoms with van der Waals surface area (Å²) >= 11 is 0. The highest BCUT2D eigenvalue weighted by atomic mass is 16.5. The molecular weight excluding hydrogens is 254 g/mol. The van der Waals surface area contributed by atoms with E-state index in [1.165, 1.54) is 19.3 Å². The van der Waals surface area contributed by atoms with Crippen LogP contribution in [0.4, 0.5) is 0 Å². The second kappa shape index (κ2) is 6.68. The lowest BCUT2D eigenvalue weighted by molar-refractivity contribution is 0.103. The van der Waals surface area contributed by atoms with Gasteiger partial charge in [-0.05, 0) is 38.6 Å². The summed E-state index contributed by atoms with van der Waals surface area (Å²) in [6.45, 7) is 4.08. The number of aromatic nitrogens is 2. The highest BCUT2D eigenvalue weighted by Gasteiger charge is 2.32. The monoisotopic (exact) mass is 279 g/mol. The van der Waals surface area contributed by atoms with Crippen LogP contribution in [0, 0.1) is 0 Å². The van der Waals surface area contributed by atoms with Gasteiger partial charge in [-0.3, -0.25) is 0 Å². The van der Waals surface area contributed by atoms with Gasteiger partial charge in [0, 0.05) is 12.6 Å². The molecule has 112 valence electrons. The van der Waals surface area contributed by atoms with Gasteiger partial charge in [-0.15, -0.1) is 0 Å². The van der Waals surface area contributed by atoms with Crippen molar-refractivity contribution >= 4 is 0 Å². The van der Waals surface area contributed by atoms with Gasteiger partial charge in [0.25, 0.3) is 0 Å². The Balaban J connectivity index is 1.69. The summed E-state index contributed by atoms with van der Waals surface area (Å²) in [4.78, 5) is 4.63. The molecule has 1 aromatic heterocycles. The largest absolute Gasteiger partial charge is 0.370 e. The van der Waals surface area contributed by atoms with Crippen LogP contribution in [-0.2, 0) is 4.74 Å². The zero-order valence-electron chi connectivity index (χ0n) is 12.3. The van der Waals surface area contributed by atoms with E-state index in [1.807, 2.05) is 0 Å². The van der Waals surface area contributed by atoms with Crippen molar-refractivity contribution in [3.8, 4) is 0 Å². The van der Waals surface area contributed by atoms with Crippen LogP contribution in [0.2, 0.25) is 0 Å². The molecule has 1 aliphatic heterocycles. The van der Waals surface area contributed by atoms with E-state index in [2.05, 4.69) is 22.4 Å². The van der Waals surface area contributed by atoms with Gasteiger partial charge >= 0.3 is 0 Å². The van der Waals surface area contributed by atoms with E-state index >= 15 is 0 Å². The Morgan fingerprint density at radius 2 is 2.10 bits per heavy atom. The lowest BCUT2D eigenvalue weighted by Crippen LogP contribution is -2.37. The third kappa shape index (κ3) is 3.04. The molecule has 3 rings (SSSR count). The maximum absolute atomic E-state index is 5.63. The van der Waals surface area contributed by atoms with Gasteiger partial charge in [-0.2, -0.15) is 4.98 Å². The smallest absolute Gasteiger partial charge is 0.231 e. The molecule has 0 aromatic carbocycles. The van der Waals surface area contributed by atoms with Crippen LogP contribution in [0.1, 0.15) is 75.6 Å². The van der Waals surface area contributed by atoms with Crippen LogP contribution >= 0.6 is 0 Å². The average Bonchev–Trinajstić information content (AvgIpc) is 3.15. The van der Waals surface area contributed by atoms with Crippen molar-refractivity contribution in [1.82, 2.24) is 15.5 Å². The topological polar surface area (TPSA) is 60.2 Å². The molecule has 2 aliphatic rings. The molecule has 1 aliphatic carbocycles. The molecule has 0 amide bonds. The molecule has 1 N–H and O–H groups in total. The van der Waals surface area contributed by atoms with Crippen molar-refractivity contribution in [2.75, 3.05) is 13.2 Å². The van der Waals surface area contributed by atoms with Crippen molar-refractivity contribution < 1.29 is 9.26 Å². The fourth-order valence-electron chi connectivity index (χ4n) is 3.31. The highest BCUT2D eigenvalue weighted by molar-refractivity contribution is 5.03. The molecular formula is C15H25N3O2. The zero-order chi connectivity index (χ0) is 13.8. The maximum Gasteiger partial charge on any atom is 0.231 e. The van der Waals surface area contributed by atoms with E-state index in [-0.39, 0.29) is 6.10 Å². The Bertz CT molecular complexity index is 415. The molecule has 0 bridgehead atoms. The first kappa shape index (κ1) is 14.0. The third-order valence-electron chi connectivity index (χ3n) is 4.41. The maximum atomic E-state index is 5.63. The molecule has 20 heavy (non-hydrogen) atoms. The highest BCUT2D eigenvalue weighted by Crippen LogP contribution is 2.34. The minimum Gasteiger partial charge on any atom is -0.370 e. The fourth-order valence-corrected chi connectivity index (χ4v) is 3.31. The van der Waals surface area contributed by atoms with E-state index in [9.17, 15) is 0 Å². The van der Waals surface area contributed by atoms with Crippen molar-refractivity contribution in [2.24, 2.45) is 0 Å². The molecule has 0 spiro atoms. The van der Waals surface area contributed by atoms with E-state index < -0.39 is 0 Å². The third-order valence-corrected chi connectivity index (χ3v) is 4.41. The molecule has 2 heterocycles. The van der Waals surface area contributed by atoms with Gasteiger partial charge in [0.15, 0.2) is 0 Å². The Kier molecular flexibility index (Phi) is 4.68. The van der Waals surface area contributed by atoms with Crippen LogP contribution in [-0.4, -0.2) is 29.3 Å². The second-order valence-electron chi connectivity index (χ2n) is 5.94. The van der Waals surface area contributed by atoms with Crippen LogP contribution in [0.25, 0.3) is 0 Å². The van der Waals surface area contributed by atoms with Crippen molar-refractivity contribution in [3.63, 3.8) is 0 Å². The number of rotatable bonds is 5. The summed E-state index contributed by atoms with van der Waals surface area (Å²) in [6, 6.07) is 0.487. The molecule has 1 aromatic rings. The van der Waals surface area contributed by atoms with Gasteiger partial charge in [-0.25, -0.2) is 0 Å². The Morgan fingerprint density at radius 3 is 2.90 bits per heavy atom. The van der Waals surface area contributed by atoms with Gasteiger partial charge in [0.2, 0.25) is 11.7 Å². The first-order chi connectivity index (χ1) is 9.88. The first-order valence-electron chi connectivity index (χ1n) is 8.07. The Labute approximate surface area is 120 Å². The minimum atomic E-state index is 0.0538. The van der Waals surface area contributed by atoms with Gasteiger partial charge < -0.3 is 14.6 Å². The molecule has 3 unspecified atom stereocenters. The van der Waals surface area contributed by atoms with E-state index in [1.54, 1.807) is 0 Å². The minimum absolute atomic E-state index is 0.0538. The molecule has 1 saturated heterocycles. The van der Waals surface area contributed by atoms with Crippen LogP contribution in [0.3, 0.4) is 0 Å². The second-order valence-corrected chi connectivity index (χ2v) is 5.94. The zero-order valence-corrected chi connectivity index (χ0v) is 12.3. The molecule has 1 saturated carbocycles. The van der Waals surface area contributed by atoms with Crippen molar-refractivity contribution in [2.45, 2.75) is 69.9 Å². The van der Waals surface area contributed by atoms with Gasteiger partial charge in [-0.1, -0.05) is 24.9 Å². The number of hydrogen-bond donors (Lipinski definition) is 1. The standard InChI is InChI=1S/C15H25N3O2/c1-2-9-16-12-7-4-3-6-11(12)15-17-14(18-20-15)13-8-5-10-19-13/h11-13,16H,2-10H2,1H3. The van der Waals surface area contributed by atoms with Crippen LogP contribution in [0.5, 0.6) is 0 Å². The Hall–Kier alpha value is -0.940. The molecule has 0 radical (unpaired) electrons. The van der Waals surface area contributed by atoms with E-state index in [4.69, 9.17) is 9.26 Å². The summed E-state index contributed by atoms with van der Waals surface area (Å²) in [5, 5.41) is 7.79. The number of hydrogen-bond acceptors (Lipinski definition) is 5. The lowest BCUT2D eigenvalue weighted by Gasteiger charge is -2.29. The molecule has 2 fully saturated rings. The fraction of sp³-hybridized carbons (Fsp3) is 0.867. The van der Waals surface area contributed by atoms with Crippen molar-refractivity contribution in [1.29, 1.82) is 0 Å². The van der Waals surface area contributed by atoms with Gasteiger partial charge in [0.05, 0.1) is 5.92 Å². The van der Waals surface area contributed by atoms with Crippen LogP contribution in [0.15, 0.2) is 4.52 Å². The normalized spacial score (nSPS) is 30.8. The number of nitrogens with one attached hydrogen (secondary N) is 1. The van der Waals surface area contributed by atoms with Gasteiger partial charge in [0.1, 0.15) is 6.10 Å². The van der Waals surface area contributed by atoms with E-state index in [0.717, 1.165) is 50.6 Å². The molecule has 5 nitrogen and oxygen atoms in total. The summed E-state index contributed by atoms with van der Waals surface area (Å²) in [5.41, 5.74) is 0. The lowest BCUT2D eigenvalue weighted by atomic mass is 9.84. The summed E-state index contributed by atoms with van der Waals surface area (Å²) in [5.74, 6) is 1.93. The Morgan fingerprint density at radius 1 is 1.20 bits per heavy atom. The average molecular weight is 279 g/mol. The SMILES string of the molecule is CCCNC1CCCCC1c1nc(C2CCCO2)no1.